The summed E-state index contributed by atoms with van der Waals surface area (Å²) in [5.41, 5.74) is 1.10. The smallest absolute Gasteiger partial charge is 0.277 e. The second kappa shape index (κ2) is 9.59. The fourth-order valence-electron chi connectivity index (χ4n) is 3.86. The third-order valence-electron chi connectivity index (χ3n) is 5.50. The molecular weight excluding hydrogens is 380 g/mol. The minimum Gasteiger partial charge on any atom is -0.492 e. The number of nitro groups is 1. The molecule has 0 saturated carbocycles. The largest absolute Gasteiger partial charge is 0.492 e. The highest BCUT2D eigenvalue weighted by atomic mass is 16.6. The van der Waals surface area contributed by atoms with Crippen LogP contribution in [0.15, 0.2) is 60.7 Å². The minimum atomic E-state index is -0.365. The molecule has 0 aromatic heterocycles. The van der Waals surface area contributed by atoms with Gasteiger partial charge in [0, 0.05) is 18.0 Å². The number of hydrogen-bond donors (Lipinski definition) is 0. The van der Waals surface area contributed by atoms with Gasteiger partial charge in [-0.3, -0.25) is 15.0 Å². The second-order valence-electron chi connectivity index (χ2n) is 7.57. The summed E-state index contributed by atoms with van der Waals surface area (Å²) >= 11 is 0. The monoisotopic (exact) mass is 406 g/mol. The summed E-state index contributed by atoms with van der Waals surface area (Å²) in [6.45, 7) is 4.41. The van der Waals surface area contributed by atoms with E-state index in [1.807, 2.05) is 36.4 Å². The van der Waals surface area contributed by atoms with Crippen molar-refractivity contribution in [3.05, 3.63) is 76.3 Å². The number of nitro benzene ring substituents is 1. The van der Waals surface area contributed by atoms with Crippen LogP contribution in [-0.2, 0) is 6.61 Å². The highest BCUT2D eigenvalue weighted by Crippen LogP contribution is 2.33. The fourth-order valence-corrected chi connectivity index (χ4v) is 3.86. The zero-order valence-electron chi connectivity index (χ0n) is 17.0. The van der Waals surface area contributed by atoms with Gasteiger partial charge in [0.2, 0.25) is 0 Å². The fraction of sp³-hybridized carbons (Fsp3) is 0.333. The van der Waals surface area contributed by atoms with E-state index in [4.69, 9.17) is 9.47 Å². The molecule has 1 aliphatic rings. The molecule has 1 fully saturated rings. The van der Waals surface area contributed by atoms with Gasteiger partial charge in [-0.2, -0.15) is 0 Å². The van der Waals surface area contributed by atoms with E-state index in [0.717, 1.165) is 23.2 Å². The maximum absolute atomic E-state index is 11.3. The zero-order valence-corrected chi connectivity index (χ0v) is 17.0. The Morgan fingerprint density at radius 2 is 1.60 bits per heavy atom. The molecule has 0 radical (unpaired) electrons. The highest BCUT2D eigenvalue weighted by molar-refractivity contribution is 5.95. The highest BCUT2D eigenvalue weighted by Gasteiger charge is 2.14. The molecule has 1 heterocycles. The first-order chi connectivity index (χ1) is 14.7. The second-order valence-corrected chi connectivity index (χ2v) is 7.57. The van der Waals surface area contributed by atoms with E-state index in [9.17, 15) is 10.1 Å². The quantitative estimate of drug-likeness (QED) is 0.380. The number of benzene rings is 3. The minimum absolute atomic E-state index is 0.0870. The van der Waals surface area contributed by atoms with Crippen molar-refractivity contribution >= 4 is 16.5 Å². The van der Waals surface area contributed by atoms with Crippen LogP contribution in [0.1, 0.15) is 24.8 Å². The van der Waals surface area contributed by atoms with Crippen molar-refractivity contribution in [3.8, 4) is 11.5 Å². The predicted octanol–water partition coefficient (Wildman–Crippen LogP) is 5.19. The van der Waals surface area contributed by atoms with Crippen LogP contribution in [0.4, 0.5) is 5.69 Å². The Hall–Kier alpha value is -3.12. The predicted molar refractivity (Wildman–Crippen MR) is 117 cm³/mol. The van der Waals surface area contributed by atoms with Gasteiger partial charge in [-0.1, -0.05) is 36.8 Å². The van der Waals surface area contributed by atoms with Gasteiger partial charge in [-0.05, 0) is 55.8 Å². The molecule has 0 atom stereocenters. The molecule has 4 rings (SSSR count). The number of nitrogens with zero attached hydrogens (tertiary/aromatic N) is 2. The van der Waals surface area contributed by atoms with Crippen LogP contribution in [0.5, 0.6) is 11.5 Å². The van der Waals surface area contributed by atoms with Crippen molar-refractivity contribution in [2.45, 2.75) is 25.9 Å². The molecule has 6 heteroatoms. The third-order valence-corrected chi connectivity index (χ3v) is 5.50. The van der Waals surface area contributed by atoms with Crippen LogP contribution in [-0.4, -0.2) is 36.1 Å². The van der Waals surface area contributed by atoms with E-state index in [1.165, 1.54) is 38.4 Å². The Kier molecular flexibility index (Phi) is 6.44. The SMILES string of the molecule is O=[N+]([O-])c1ccc(OCc2ccc(OCCN3CCCCC3)cc2)c2ccccc12. The summed E-state index contributed by atoms with van der Waals surface area (Å²) < 4.78 is 11.8. The Morgan fingerprint density at radius 3 is 2.33 bits per heavy atom. The lowest BCUT2D eigenvalue weighted by Crippen LogP contribution is -2.33. The molecule has 0 amide bonds. The van der Waals surface area contributed by atoms with Gasteiger partial charge in [0.05, 0.1) is 10.3 Å². The van der Waals surface area contributed by atoms with Crippen LogP contribution >= 0.6 is 0 Å². The lowest BCUT2D eigenvalue weighted by molar-refractivity contribution is -0.383. The Morgan fingerprint density at radius 1 is 0.867 bits per heavy atom. The number of rotatable bonds is 8. The van der Waals surface area contributed by atoms with E-state index in [1.54, 1.807) is 18.2 Å². The number of piperidine rings is 1. The first-order valence-electron chi connectivity index (χ1n) is 10.4. The summed E-state index contributed by atoms with van der Waals surface area (Å²) in [4.78, 5) is 13.3. The normalized spacial score (nSPS) is 14.5. The molecule has 0 N–H and O–H groups in total. The van der Waals surface area contributed by atoms with Gasteiger partial charge in [-0.15, -0.1) is 0 Å². The summed E-state index contributed by atoms with van der Waals surface area (Å²) in [6, 6.07) is 18.3. The van der Waals surface area contributed by atoms with Crippen LogP contribution in [0, 0.1) is 10.1 Å². The topological polar surface area (TPSA) is 64.8 Å². The van der Waals surface area contributed by atoms with Gasteiger partial charge in [0.1, 0.15) is 24.7 Å². The van der Waals surface area contributed by atoms with Crippen molar-refractivity contribution in [3.63, 3.8) is 0 Å². The van der Waals surface area contributed by atoms with Gasteiger partial charge in [0.15, 0.2) is 0 Å². The zero-order chi connectivity index (χ0) is 20.8. The third kappa shape index (κ3) is 4.89. The van der Waals surface area contributed by atoms with Gasteiger partial charge >= 0.3 is 0 Å². The molecule has 30 heavy (non-hydrogen) atoms. The van der Waals surface area contributed by atoms with Gasteiger partial charge < -0.3 is 9.47 Å². The first-order valence-corrected chi connectivity index (χ1v) is 10.4. The number of likely N-dealkylation sites (tertiary alicyclic amines) is 1. The average Bonchev–Trinajstić information content (AvgIpc) is 2.79. The molecule has 156 valence electrons. The number of hydrogen-bond acceptors (Lipinski definition) is 5. The van der Waals surface area contributed by atoms with Crippen LogP contribution < -0.4 is 9.47 Å². The van der Waals surface area contributed by atoms with Crippen molar-refractivity contribution in [1.82, 2.24) is 4.90 Å². The standard InChI is InChI=1S/C24H26N2O4/c27-26(28)23-12-13-24(22-7-3-2-6-21(22)23)30-18-19-8-10-20(11-9-19)29-17-16-25-14-4-1-5-15-25/h2-3,6-13H,1,4-5,14-18H2. The molecule has 0 unspecified atom stereocenters. The van der Waals surface area contributed by atoms with E-state index in [-0.39, 0.29) is 10.6 Å². The Balaban J connectivity index is 1.34. The van der Waals surface area contributed by atoms with E-state index in [2.05, 4.69) is 4.90 Å². The van der Waals surface area contributed by atoms with Crippen molar-refractivity contribution in [2.24, 2.45) is 0 Å². The maximum atomic E-state index is 11.3. The summed E-state index contributed by atoms with van der Waals surface area (Å²) in [5, 5.41) is 12.6. The molecule has 1 saturated heterocycles. The number of ether oxygens (including phenoxy) is 2. The molecule has 3 aromatic carbocycles. The lowest BCUT2D eigenvalue weighted by atomic mass is 10.1. The first kappa shape index (κ1) is 20.2. The number of fused-ring (bicyclic) bond motifs is 1. The summed E-state index contributed by atoms with van der Waals surface area (Å²) in [7, 11) is 0. The van der Waals surface area contributed by atoms with Crippen molar-refractivity contribution < 1.29 is 14.4 Å². The molecule has 0 aliphatic carbocycles. The molecule has 6 nitrogen and oxygen atoms in total. The van der Waals surface area contributed by atoms with Crippen molar-refractivity contribution in [2.75, 3.05) is 26.2 Å². The Bertz CT molecular complexity index is 998. The van der Waals surface area contributed by atoms with Crippen LogP contribution in [0.2, 0.25) is 0 Å². The van der Waals surface area contributed by atoms with E-state index < -0.39 is 0 Å². The molecular formula is C24H26N2O4. The molecule has 3 aromatic rings. The number of non-ortho nitro benzene ring substituents is 1. The van der Waals surface area contributed by atoms with E-state index in [0.29, 0.717) is 24.3 Å². The molecule has 1 aliphatic heterocycles. The van der Waals surface area contributed by atoms with Crippen LogP contribution in [0.25, 0.3) is 10.8 Å². The summed E-state index contributed by atoms with van der Waals surface area (Å²) in [5.74, 6) is 1.50. The maximum Gasteiger partial charge on any atom is 0.277 e. The molecule has 0 bridgehead atoms. The van der Waals surface area contributed by atoms with Crippen molar-refractivity contribution in [1.29, 1.82) is 0 Å². The van der Waals surface area contributed by atoms with Crippen LogP contribution in [0.3, 0.4) is 0 Å². The van der Waals surface area contributed by atoms with E-state index >= 15 is 0 Å². The average molecular weight is 406 g/mol. The van der Waals surface area contributed by atoms with Gasteiger partial charge in [-0.25, -0.2) is 0 Å². The van der Waals surface area contributed by atoms with Gasteiger partial charge in [0.25, 0.3) is 5.69 Å². The lowest BCUT2D eigenvalue weighted by Gasteiger charge is -2.26. The Labute approximate surface area is 176 Å². The summed E-state index contributed by atoms with van der Waals surface area (Å²) in [6.07, 6.45) is 3.92. The molecule has 0 spiro atoms.